The summed E-state index contributed by atoms with van der Waals surface area (Å²) in [6.45, 7) is 1.88. The molecule has 0 fully saturated rings. The Kier molecular flexibility index (Phi) is 4.18. The Morgan fingerprint density at radius 2 is 2.00 bits per heavy atom. The number of nitrogens with one attached hydrogen (secondary N) is 1. The number of hydrogen-bond donors (Lipinski definition) is 1. The number of ether oxygens (including phenoxy) is 1. The maximum absolute atomic E-state index is 12.1. The van der Waals surface area contributed by atoms with Crippen molar-refractivity contribution in [3.63, 3.8) is 0 Å². The Hall–Kier alpha value is -3.15. The van der Waals surface area contributed by atoms with Crippen molar-refractivity contribution < 1.29 is 14.5 Å². The molecule has 2 aliphatic rings. The average molecular weight is 364 g/mol. The van der Waals surface area contributed by atoms with E-state index >= 15 is 0 Å². The summed E-state index contributed by atoms with van der Waals surface area (Å²) in [5.74, 6) is -0.0261. The lowest BCUT2D eigenvalue weighted by Gasteiger charge is -2.38. The van der Waals surface area contributed by atoms with Crippen molar-refractivity contribution in [1.82, 2.24) is 0 Å². The molecule has 1 heterocycles. The number of nitrogens with zero attached hydrogens (tertiary/aromatic N) is 1. The number of carbonyl (C=O) groups excluding carboxylic acids is 1. The fourth-order valence-electron chi connectivity index (χ4n) is 4.37. The van der Waals surface area contributed by atoms with E-state index in [1.165, 1.54) is 7.11 Å². The van der Waals surface area contributed by atoms with Gasteiger partial charge >= 0.3 is 5.97 Å². The smallest absolute Gasteiger partial charge is 0.338 e. The third-order valence-electron chi connectivity index (χ3n) is 5.67. The molecule has 6 heteroatoms. The fourth-order valence-corrected chi connectivity index (χ4v) is 4.37. The van der Waals surface area contributed by atoms with E-state index in [-0.39, 0.29) is 34.5 Å². The fraction of sp³-hybridized carbons (Fsp3) is 0.286. The molecule has 6 nitrogen and oxygen atoms in total. The van der Waals surface area contributed by atoms with Gasteiger partial charge in [-0.15, -0.1) is 0 Å². The van der Waals surface area contributed by atoms with Gasteiger partial charge in [0, 0.05) is 17.7 Å². The lowest BCUT2D eigenvalue weighted by atomic mass is 9.75. The van der Waals surface area contributed by atoms with Crippen molar-refractivity contribution in [3.05, 3.63) is 80.9 Å². The number of fused-ring (bicyclic) bond motifs is 3. The van der Waals surface area contributed by atoms with E-state index in [0.717, 1.165) is 23.2 Å². The Morgan fingerprint density at radius 1 is 1.22 bits per heavy atom. The SMILES string of the molecule is COC(=O)c1ccc2c(c1C)N[C@H](c1ccccc1[N+](=O)[O-])[C@@H]1CC=C[C@@H]21. The number of nitro benzene ring substituents is 1. The second-order valence-electron chi connectivity index (χ2n) is 6.99. The second kappa shape index (κ2) is 6.54. The molecule has 2 aromatic carbocycles. The van der Waals surface area contributed by atoms with Crippen LogP contribution in [0.2, 0.25) is 0 Å². The van der Waals surface area contributed by atoms with Crippen LogP contribution in [-0.2, 0) is 4.74 Å². The number of nitro groups is 1. The highest BCUT2D eigenvalue weighted by Gasteiger charge is 2.41. The van der Waals surface area contributed by atoms with E-state index in [4.69, 9.17) is 4.74 Å². The van der Waals surface area contributed by atoms with E-state index in [1.54, 1.807) is 18.2 Å². The van der Waals surface area contributed by atoms with Gasteiger partial charge in [-0.1, -0.05) is 36.4 Å². The quantitative estimate of drug-likeness (QED) is 0.375. The molecule has 0 amide bonds. The first kappa shape index (κ1) is 17.3. The third kappa shape index (κ3) is 2.68. The summed E-state index contributed by atoms with van der Waals surface area (Å²) < 4.78 is 4.89. The van der Waals surface area contributed by atoms with Crippen LogP contribution in [0.4, 0.5) is 11.4 Å². The van der Waals surface area contributed by atoms with Gasteiger partial charge in [-0.25, -0.2) is 4.79 Å². The largest absolute Gasteiger partial charge is 0.465 e. The molecule has 3 atom stereocenters. The number of methoxy groups -OCH3 is 1. The van der Waals surface area contributed by atoms with Gasteiger partial charge in [0.2, 0.25) is 0 Å². The van der Waals surface area contributed by atoms with Gasteiger partial charge < -0.3 is 10.1 Å². The third-order valence-corrected chi connectivity index (χ3v) is 5.67. The molecule has 4 rings (SSSR count). The lowest BCUT2D eigenvalue weighted by Crippen LogP contribution is -2.30. The van der Waals surface area contributed by atoms with Crippen LogP contribution in [0.1, 0.15) is 45.4 Å². The molecule has 1 aliphatic carbocycles. The summed E-state index contributed by atoms with van der Waals surface area (Å²) in [6, 6.07) is 10.4. The minimum Gasteiger partial charge on any atom is -0.465 e. The molecule has 1 aliphatic heterocycles. The standard InChI is InChI=1S/C21H20N2O4/c1-12-13(21(24)27-2)10-11-16-14-7-5-8-15(14)20(22-19(12)16)17-6-3-4-9-18(17)23(25)26/h3-7,9-11,14-15,20,22H,8H2,1-2H3/t14-,15-,20+/m1/s1. The van der Waals surface area contributed by atoms with Crippen LogP contribution in [0, 0.1) is 23.0 Å². The van der Waals surface area contributed by atoms with Gasteiger partial charge in [0.05, 0.1) is 29.2 Å². The Bertz CT molecular complexity index is 967. The summed E-state index contributed by atoms with van der Waals surface area (Å²) >= 11 is 0. The number of carbonyl (C=O) groups is 1. The highest BCUT2D eigenvalue weighted by molar-refractivity contribution is 5.93. The molecule has 0 unspecified atom stereocenters. The summed E-state index contributed by atoms with van der Waals surface area (Å²) in [6.07, 6.45) is 5.16. The Labute approximate surface area is 157 Å². The molecular formula is C21H20N2O4. The molecule has 0 saturated heterocycles. The summed E-state index contributed by atoms with van der Waals surface area (Å²) in [5, 5.41) is 15.1. The first-order valence-corrected chi connectivity index (χ1v) is 8.91. The molecular weight excluding hydrogens is 344 g/mol. The van der Waals surface area contributed by atoms with Crippen LogP contribution >= 0.6 is 0 Å². The van der Waals surface area contributed by atoms with Crippen molar-refractivity contribution in [2.45, 2.75) is 25.3 Å². The minimum atomic E-state index is -0.386. The highest BCUT2D eigenvalue weighted by atomic mass is 16.6. The van der Waals surface area contributed by atoms with E-state index in [1.807, 2.05) is 25.1 Å². The van der Waals surface area contributed by atoms with Crippen LogP contribution < -0.4 is 5.32 Å². The molecule has 0 radical (unpaired) electrons. The molecule has 0 bridgehead atoms. The summed E-state index contributed by atoms with van der Waals surface area (Å²) in [4.78, 5) is 23.3. The molecule has 0 aromatic heterocycles. The zero-order valence-electron chi connectivity index (χ0n) is 15.1. The number of anilines is 1. The van der Waals surface area contributed by atoms with E-state index in [2.05, 4.69) is 17.5 Å². The van der Waals surface area contributed by atoms with Crippen LogP contribution in [0.5, 0.6) is 0 Å². The number of para-hydroxylation sites is 1. The first-order chi connectivity index (χ1) is 13.0. The van der Waals surface area contributed by atoms with E-state index < -0.39 is 0 Å². The highest BCUT2D eigenvalue weighted by Crippen LogP contribution is 2.52. The van der Waals surface area contributed by atoms with Crippen molar-refractivity contribution >= 4 is 17.3 Å². The zero-order chi connectivity index (χ0) is 19.1. The molecule has 1 N–H and O–H groups in total. The lowest BCUT2D eigenvalue weighted by molar-refractivity contribution is -0.385. The first-order valence-electron chi connectivity index (χ1n) is 8.91. The molecule has 2 aromatic rings. The topological polar surface area (TPSA) is 81.5 Å². The monoisotopic (exact) mass is 364 g/mol. The van der Waals surface area contributed by atoms with E-state index in [0.29, 0.717) is 11.1 Å². The zero-order valence-corrected chi connectivity index (χ0v) is 15.1. The number of esters is 1. The van der Waals surface area contributed by atoms with Gasteiger partial charge in [-0.05, 0) is 36.5 Å². The van der Waals surface area contributed by atoms with Crippen LogP contribution in [0.3, 0.4) is 0 Å². The normalized spacial score (nSPS) is 22.5. The van der Waals surface area contributed by atoms with Crippen LogP contribution in [-0.4, -0.2) is 18.0 Å². The van der Waals surface area contributed by atoms with Crippen molar-refractivity contribution in [3.8, 4) is 0 Å². The number of rotatable bonds is 3. The van der Waals surface area contributed by atoms with Gasteiger partial charge in [0.25, 0.3) is 5.69 Å². The minimum absolute atomic E-state index is 0.117. The van der Waals surface area contributed by atoms with Crippen LogP contribution in [0.25, 0.3) is 0 Å². The predicted molar refractivity (Wildman–Crippen MR) is 102 cm³/mol. The van der Waals surface area contributed by atoms with Crippen molar-refractivity contribution in [2.75, 3.05) is 12.4 Å². The Balaban J connectivity index is 1.86. The van der Waals surface area contributed by atoms with Crippen LogP contribution in [0.15, 0.2) is 48.6 Å². The van der Waals surface area contributed by atoms with Gasteiger partial charge in [0.1, 0.15) is 0 Å². The van der Waals surface area contributed by atoms with Gasteiger partial charge in [0.15, 0.2) is 0 Å². The maximum atomic E-state index is 12.1. The molecule has 0 spiro atoms. The number of hydrogen-bond acceptors (Lipinski definition) is 5. The van der Waals surface area contributed by atoms with Crippen molar-refractivity contribution in [2.24, 2.45) is 5.92 Å². The number of allylic oxidation sites excluding steroid dienone is 2. The van der Waals surface area contributed by atoms with E-state index in [9.17, 15) is 14.9 Å². The summed E-state index contributed by atoms with van der Waals surface area (Å²) in [7, 11) is 1.36. The Morgan fingerprint density at radius 3 is 2.74 bits per heavy atom. The molecule has 138 valence electrons. The summed E-state index contributed by atoms with van der Waals surface area (Å²) in [5.41, 5.74) is 4.09. The molecule has 27 heavy (non-hydrogen) atoms. The van der Waals surface area contributed by atoms with Gasteiger partial charge in [-0.2, -0.15) is 0 Å². The predicted octanol–water partition coefficient (Wildman–Crippen LogP) is 4.52. The molecule has 0 saturated carbocycles. The average Bonchev–Trinajstić information content (AvgIpc) is 3.17. The van der Waals surface area contributed by atoms with Crippen molar-refractivity contribution in [1.29, 1.82) is 0 Å². The number of benzene rings is 2. The van der Waals surface area contributed by atoms with Gasteiger partial charge in [-0.3, -0.25) is 10.1 Å². The second-order valence-corrected chi connectivity index (χ2v) is 6.99. The maximum Gasteiger partial charge on any atom is 0.338 e.